The average molecular weight is 321 g/mol. The van der Waals surface area contributed by atoms with Gasteiger partial charge in [0.05, 0.1) is 13.0 Å². The van der Waals surface area contributed by atoms with Gasteiger partial charge in [-0.25, -0.2) is 0 Å². The summed E-state index contributed by atoms with van der Waals surface area (Å²) in [7, 11) is 1.48. The first-order valence-corrected chi connectivity index (χ1v) is 9.34. The molecule has 3 fully saturated rings. The number of rotatable bonds is 6. The SMILES string of the molecule is CCNC(=NCC(C1CC1)C1CC1)N1CCC(C(=O)OC)CC1. The molecule has 0 aromatic carbocycles. The molecule has 130 valence electrons. The maximum atomic E-state index is 11.7. The predicted octanol–water partition coefficient (Wildman–Crippen LogP) is 2.27. The van der Waals surface area contributed by atoms with Crippen molar-refractivity contribution in [3.63, 3.8) is 0 Å². The summed E-state index contributed by atoms with van der Waals surface area (Å²) in [6.45, 7) is 5.78. The van der Waals surface area contributed by atoms with Crippen molar-refractivity contribution in [1.82, 2.24) is 10.2 Å². The molecule has 5 heteroatoms. The van der Waals surface area contributed by atoms with Gasteiger partial charge in [0.15, 0.2) is 5.96 Å². The third kappa shape index (κ3) is 4.39. The number of hydrogen-bond donors (Lipinski definition) is 1. The zero-order valence-electron chi connectivity index (χ0n) is 14.6. The Bertz CT molecular complexity index is 424. The molecule has 0 unspecified atom stereocenters. The molecular weight excluding hydrogens is 290 g/mol. The van der Waals surface area contributed by atoms with E-state index in [-0.39, 0.29) is 11.9 Å². The van der Waals surface area contributed by atoms with Crippen molar-refractivity contribution in [2.24, 2.45) is 28.7 Å². The Morgan fingerprint density at radius 1 is 1.17 bits per heavy atom. The second-order valence-corrected chi connectivity index (χ2v) is 7.32. The van der Waals surface area contributed by atoms with Crippen molar-refractivity contribution < 1.29 is 9.53 Å². The van der Waals surface area contributed by atoms with Crippen LogP contribution in [0.5, 0.6) is 0 Å². The Hall–Kier alpha value is -1.26. The molecule has 0 spiro atoms. The number of ether oxygens (including phenoxy) is 1. The van der Waals surface area contributed by atoms with Gasteiger partial charge >= 0.3 is 5.97 Å². The molecule has 5 nitrogen and oxygen atoms in total. The molecule has 23 heavy (non-hydrogen) atoms. The van der Waals surface area contributed by atoms with Crippen LogP contribution < -0.4 is 5.32 Å². The fourth-order valence-corrected chi connectivity index (χ4v) is 3.84. The number of esters is 1. The highest BCUT2D eigenvalue weighted by Gasteiger charge is 2.41. The first-order chi connectivity index (χ1) is 11.2. The summed E-state index contributed by atoms with van der Waals surface area (Å²) in [5.41, 5.74) is 0. The molecular formula is C18H31N3O2. The lowest BCUT2D eigenvalue weighted by molar-refractivity contribution is -0.146. The molecule has 3 aliphatic rings. The zero-order valence-corrected chi connectivity index (χ0v) is 14.6. The number of piperidine rings is 1. The summed E-state index contributed by atoms with van der Waals surface area (Å²) in [5.74, 6) is 3.75. The highest BCUT2D eigenvalue weighted by molar-refractivity contribution is 5.80. The normalized spacial score (nSPS) is 23.3. The Labute approximate surface area is 139 Å². The third-order valence-corrected chi connectivity index (χ3v) is 5.57. The number of likely N-dealkylation sites (tertiary alicyclic amines) is 1. The number of methoxy groups -OCH3 is 1. The number of guanidine groups is 1. The van der Waals surface area contributed by atoms with Crippen LogP contribution in [-0.4, -0.2) is 50.1 Å². The predicted molar refractivity (Wildman–Crippen MR) is 91.2 cm³/mol. The van der Waals surface area contributed by atoms with E-state index < -0.39 is 0 Å². The maximum absolute atomic E-state index is 11.7. The van der Waals surface area contributed by atoms with Crippen LogP contribution in [0.15, 0.2) is 4.99 Å². The van der Waals surface area contributed by atoms with Gasteiger partial charge < -0.3 is 15.0 Å². The van der Waals surface area contributed by atoms with E-state index >= 15 is 0 Å². The van der Waals surface area contributed by atoms with E-state index in [2.05, 4.69) is 17.1 Å². The lowest BCUT2D eigenvalue weighted by atomic mass is 9.97. The van der Waals surface area contributed by atoms with Crippen LogP contribution >= 0.6 is 0 Å². The van der Waals surface area contributed by atoms with Crippen molar-refractivity contribution in [2.75, 3.05) is 33.3 Å². The van der Waals surface area contributed by atoms with Gasteiger partial charge in [-0.2, -0.15) is 0 Å². The van der Waals surface area contributed by atoms with Crippen molar-refractivity contribution in [1.29, 1.82) is 0 Å². The minimum Gasteiger partial charge on any atom is -0.469 e. The number of nitrogens with one attached hydrogen (secondary N) is 1. The van der Waals surface area contributed by atoms with Crippen molar-refractivity contribution in [3.05, 3.63) is 0 Å². The Balaban J connectivity index is 1.55. The van der Waals surface area contributed by atoms with Gasteiger partial charge in [0.1, 0.15) is 0 Å². The highest BCUT2D eigenvalue weighted by Crippen LogP contribution is 2.49. The first-order valence-electron chi connectivity index (χ1n) is 9.34. The molecule has 1 heterocycles. The molecule has 0 aromatic heterocycles. The molecule has 0 amide bonds. The smallest absolute Gasteiger partial charge is 0.308 e. The van der Waals surface area contributed by atoms with Crippen molar-refractivity contribution >= 4 is 11.9 Å². The largest absolute Gasteiger partial charge is 0.469 e. The topological polar surface area (TPSA) is 53.9 Å². The van der Waals surface area contributed by atoms with E-state index in [1.807, 2.05) is 0 Å². The van der Waals surface area contributed by atoms with Gasteiger partial charge in [0.2, 0.25) is 0 Å². The summed E-state index contributed by atoms with van der Waals surface area (Å²) in [6, 6.07) is 0. The summed E-state index contributed by atoms with van der Waals surface area (Å²) in [5, 5.41) is 3.44. The highest BCUT2D eigenvalue weighted by atomic mass is 16.5. The molecule has 0 radical (unpaired) electrons. The van der Waals surface area contributed by atoms with Crippen LogP contribution in [0.4, 0.5) is 0 Å². The molecule has 2 aliphatic carbocycles. The summed E-state index contributed by atoms with van der Waals surface area (Å²) in [4.78, 5) is 18.9. The van der Waals surface area contributed by atoms with Gasteiger partial charge in [-0.3, -0.25) is 9.79 Å². The number of carbonyl (C=O) groups is 1. The quantitative estimate of drug-likeness (QED) is 0.463. The monoisotopic (exact) mass is 321 g/mol. The van der Waals surface area contributed by atoms with Crippen LogP contribution in [0.2, 0.25) is 0 Å². The lowest BCUT2D eigenvalue weighted by Gasteiger charge is -2.33. The van der Waals surface area contributed by atoms with E-state index in [1.165, 1.54) is 32.8 Å². The third-order valence-electron chi connectivity index (χ3n) is 5.57. The van der Waals surface area contributed by atoms with Crippen LogP contribution in [0.1, 0.15) is 45.4 Å². The molecule has 1 saturated heterocycles. The number of carbonyl (C=O) groups excluding carboxylic acids is 1. The minimum absolute atomic E-state index is 0.0600. The second-order valence-electron chi connectivity index (χ2n) is 7.32. The second kappa shape index (κ2) is 7.54. The van der Waals surface area contributed by atoms with E-state index in [0.717, 1.165) is 62.7 Å². The molecule has 1 aliphatic heterocycles. The van der Waals surface area contributed by atoms with Crippen LogP contribution in [0.25, 0.3) is 0 Å². The molecule has 0 aromatic rings. The van der Waals surface area contributed by atoms with Crippen LogP contribution in [-0.2, 0) is 9.53 Å². The summed E-state index contributed by atoms with van der Waals surface area (Å²) >= 11 is 0. The molecule has 0 bridgehead atoms. The fourth-order valence-electron chi connectivity index (χ4n) is 3.84. The maximum Gasteiger partial charge on any atom is 0.308 e. The van der Waals surface area contributed by atoms with E-state index in [1.54, 1.807) is 0 Å². The standard InChI is InChI=1S/C18H31N3O2/c1-3-19-18(20-12-16(13-4-5-13)14-6-7-14)21-10-8-15(9-11-21)17(22)23-2/h13-16H,3-12H2,1-2H3,(H,19,20). The number of nitrogens with zero attached hydrogens (tertiary/aromatic N) is 2. The summed E-state index contributed by atoms with van der Waals surface area (Å²) < 4.78 is 4.88. The van der Waals surface area contributed by atoms with Gasteiger partial charge in [0, 0.05) is 26.2 Å². The first kappa shape index (κ1) is 16.6. The Kier molecular flexibility index (Phi) is 5.44. The van der Waals surface area contributed by atoms with Gasteiger partial charge in [0.25, 0.3) is 0 Å². The van der Waals surface area contributed by atoms with Gasteiger partial charge in [-0.1, -0.05) is 0 Å². The van der Waals surface area contributed by atoms with E-state index in [0.29, 0.717) is 0 Å². The van der Waals surface area contributed by atoms with Gasteiger partial charge in [-0.15, -0.1) is 0 Å². The van der Waals surface area contributed by atoms with Gasteiger partial charge in [-0.05, 0) is 63.2 Å². The molecule has 1 N–H and O–H groups in total. The number of hydrogen-bond acceptors (Lipinski definition) is 3. The van der Waals surface area contributed by atoms with E-state index in [4.69, 9.17) is 9.73 Å². The average Bonchev–Trinajstić information content (AvgIpc) is 3.47. The molecule has 0 atom stereocenters. The fraction of sp³-hybridized carbons (Fsp3) is 0.889. The Morgan fingerprint density at radius 3 is 2.26 bits per heavy atom. The van der Waals surface area contributed by atoms with Crippen molar-refractivity contribution in [2.45, 2.75) is 45.4 Å². The van der Waals surface area contributed by atoms with Crippen LogP contribution in [0, 0.1) is 23.7 Å². The van der Waals surface area contributed by atoms with Crippen LogP contribution in [0.3, 0.4) is 0 Å². The summed E-state index contributed by atoms with van der Waals surface area (Å²) in [6.07, 6.45) is 7.39. The van der Waals surface area contributed by atoms with Crippen molar-refractivity contribution in [3.8, 4) is 0 Å². The zero-order chi connectivity index (χ0) is 16.2. The molecule has 3 rings (SSSR count). The lowest BCUT2D eigenvalue weighted by Crippen LogP contribution is -2.47. The number of aliphatic imine (C=N–C) groups is 1. The molecule has 2 saturated carbocycles. The minimum atomic E-state index is -0.0610. The van der Waals surface area contributed by atoms with E-state index in [9.17, 15) is 4.79 Å². The Morgan fingerprint density at radius 2 is 1.78 bits per heavy atom.